The molecule has 3 aromatic rings. The fourth-order valence-electron chi connectivity index (χ4n) is 7.19. The van der Waals surface area contributed by atoms with Crippen LogP contribution in [0.1, 0.15) is 85.1 Å². The lowest BCUT2D eigenvalue weighted by molar-refractivity contribution is -0.192. The van der Waals surface area contributed by atoms with Gasteiger partial charge >= 0.3 is 12.1 Å². The Morgan fingerprint density at radius 1 is 0.941 bits per heavy atom. The van der Waals surface area contributed by atoms with Crippen LogP contribution in [-0.4, -0.2) is 52.6 Å². The third kappa shape index (κ3) is 11.2. The van der Waals surface area contributed by atoms with E-state index in [9.17, 15) is 22.8 Å². The molecule has 3 aromatic carbocycles. The summed E-state index contributed by atoms with van der Waals surface area (Å²) >= 11 is 6.17. The topological polar surface area (TPSA) is 98.7 Å². The second-order valence-corrected chi connectivity index (χ2v) is 14.0. The third-order valence-corrected chi connectivity index (χ3v) is 10.2. The van der Waals surface area contributed by atoms with E-state index in [1.807, 2.05) is 12.1 Å². The number of amides is 2. The molecule has 0 unspecified atom stereocenters. The van der Waals surface area contributed by atoms with E-state index in [0.717, 1.165) is 75.0 Å². The number of hydrogen-bond donors (Lipinski definition) is 3. The van der Waals surface area contributed by atoms with Crippen molar-refractivity contribution in [1.29, 1.82) is 0 Å². The molecule has 0 bridgehead atoms. The van der Waals surface area contributed by atoms with Crippen molar-refractivity contribution in [2.45, 2.75) is 101 Å². The molecule has 3 N–H and O–H groups in total. The van der Waals surface area contributed by atoms with Gasteiger partial charge in [0.2, 0.25) is 11.8 Å². The second kappa shape index (κ2) is 17.9. The van der Waals surface area contributed by atoms with Crippen LogP contribution in [0.5, 0.6) is 0 Å². The smallest absolute Gasteiger partial charge is 0.475 e. The molecule has 51 heavy (non-hydrogen) atoms. The first-order chi connectivity index (χ1) is 24.5. The van der Waals surface area contributed by atoms with Crippen LogP contribution < -0.4 is 10.6 Å². The van der Waals surface area contributed by atoms with Crippen LogP contribution in [0, 0.1) is 0 Å². The number of allylic oxidation sites excluding steroid dienone is 1. The Kier molecular flexibility index (Phi) is 13.3. The summed E-state index contributed by atoms with van der Waals surface area (Å²) in [4.78, 5) is 37.2. The molecule has 0 radical (unpaired) electrons. The van der Waals surface area contributed by atoms with Gasteiger partial charge in [0.1, 0.15) is 0 Å². The number of carbonyl (C=O) groups is 3. The first-order valence-corrected chi connectivity index (χ1v) is 18.0. The standard InChI is InChI=1S/C38H44ClN3O2.C2HF3O2/c39-33-19-15-28(16-20-33)23-34(41-38(44)36-24-30-8-3-4-9-31(30)25-40-36)22-27-13-17-29(18-14-27)35-11-6-5-10-32(35)26-42-21-7-1-2-12-37(42)43;3-2(4,5)1(6)7/h3-6,8-11,15-16,19-20,22,29,34,36,40H,1-2,7,12-14,17-18,21,23-26H2,(H,41,44);(H,6,7)/t29?,34-,36+;/m0./s1. The number of rotatable bonds is 8. The molecule has 2 amide bonds. The molecule has 2 aliphatic heterocycles. The summed E-state index contributed by atoms with van der Waals surface area (Å²) in [5.74, 6) is -1.91. The molecule has 3 aliphatic rings. The lowest BCUT2D eigenvalue weighted by atomic mass is 9.79. The number of benzene rings is 3. The van der Waals surface area contributed by atoms with Gasteiger partial charge in [-0.15, -0.1) is 0 Å². The number of halogens is 4. The van der Waals surface area contributed by atoms with E-state index in [4.69, 9.17) is 21.5 Å². The zero-order valence-electron chi connectivity index (χ0n) is 28.6. The largest absolute Gasteiger partial charge is 0.490 e. The fourth-order valence-corrected chi connectivity index (χ4v) is 7.31. The number of carboxylic acids is 1. The van der Waals surface area contributed by atoms with Gasteiger partial charge in [0.25, 0.3) is 0 Å². The van der Waals surface area contributed by atoms with E-state index in [-0.39, 0.29) is 18.0 Å². The Morgan fingerprint density at radius 3 is 2.31 bits per heavy atom. The van der Waals surface area contributed by atoms with Crippen LogP contribution in [-0.2, 0) is 40.3 Å². The summed E-state index contributed by atoms with van der Waals surface area (Å²) in [5.41, 5.74) is 7.80. The normalized spacial score (nSPS) is 19.9. The molecule has 272 valence electrons. The van der Waals surface area contributed by atoms with E-state index in [0.29, 0.717) is 31.2 Å². The quantitative estimate of drug-likeness (QED) is 0.205. The predicted octanol–water partition coefficient (Wildman–Crippen LogP) is 7.90. The average molecular weight is 724 g/mol. The third-order valence-electron chi connectivity index (χ3n) is 9.93. The number of aliphatic carboxylic acids is 1. The van der Waals surface area contributed by atoms with Gasteiger partial charge in [0, 0.05) is 31.1 Å². The van der Waals surface area contributed by atoms with Gasteiger partial charge in [0.15, 0.2) is 0 Å². The predicted molar refractivity (Wildman–Crippen MR) is 191 cm³/mol. The van der Waals surface area contributed by atoms with Gasteiger partial charge in [-0.1, -0.05) is 90.3 Å². The van der Waals surface area contributed by atoms with Crippen molar-refractivity contribution in [3.8, 4) is 0 Å². The summed E-state index contributed by atoms with van der Waals surface area (Å²) in [5, 5.41) is 14.7. The highest BCUT2D eigenvalue weighted by molar-refractivity contribution is 6.30. The molecule has 1 saturated carbocycles. The minimum atomic E-state index is -5.08. The lowest BCUT2D eigenvalue weighted by Gasteiger charge is -2.30. The maximum absolute atomic E-state index is 13.5. The van der Waals surface area contributed by atoms with E-state index < -0.39 is 12.1 Å². The van der Waals surface area contributed by atoms with Crippen molar-refractivity contribution < 1.29 is 32.7 Å². The molecule has 1 aliphatic carbocycles. The van der Waals surface area contributed by atoms with Crippen molar-refractivity contribution in [1.82, 2.24) is 15.5 Å². The summed E-state index contributed by atoms with van der Waals surface area (Å²) in [7, 11) is 0. The summed E-state index contributed by atoms with van der Waals surface area (Å²) in [6.45, 7) is 2.31. The summed E-state index contributed by atoms with van der Waals surface area (Å²) < 4.78 is 31.7. The molecule has 2 heterocycles. The lowest BCUT2D eigenvalue weighted by Crippen LogP contribution is -2.50. The van der Waals surface area contributed by atoms with Crippen molar-refractivity contribution >= 4 is 29.4 Å². The number of carboxylic acid groups (broad SMARTS) is 1. The molecule has 0 spiro atoms. The molecule has 2 fully saturated rings. The molecular weight excluding hydrogens is 679 g/mol. The van der Waals surface area contributed by atoms with Gasteiger partial charge < -0.3 is 20.6 Å². The van der Waals surface area contributed by atoms with E-state index in [1.165, 1.54) is 27.8 Å². The summed E-state index contributed by atoms with van der Waals surface area (Å²) in [6.07, 6.45) is 6.81. The molecule has 7 nitrogen and oxygen atoms in total. The second-order valence-electron chi connectivity index (χ2n) is 13.6. The Morgan fingerprint density at radius 2 is 1.61 bits per heavy atom. The molecular formula is C40H45ClF3N3O4. The Hall–Kier alpha value is -4.15. The van der Waals surface area contributed by atoms with Crippen LogP contribution in [0.15, 0.2) is 84.4 Å². The monoisotopic (exact) mass is 723 g/mol. The molecule has 6 rings (SSSR count). The van der Waals surface area contributed by atoms with Crippen LogP contribution in [0.3, 0.4) is 0 Å². The SMILES string of the molecule is O=C(N[C@@H](C=C1CCC(c2ccccc2CN2CCCCCC2=O)CC1)Cc1ccc(Cl)cc1)[C@H]1Cc2ccccc2CN1.O=C(O)C(F)(F)F. The van der Waals surface area contributed by atoms with Crippen molar-refractivity contribution in [3.63, 3.8) is 0 Å². The Labute approximate surface area is 302 Å². The minimum absolute atomic E-state index is 0.0565. The Bertz CT molecular complexity index is 1680. The number of fused-ring (bicyclic) bond motifs is 1. The Balaban J connectivity index is 0.000000654. The average Bonchev–Trinajstić information content (AvgIpc) is 3.32. The number of nitrogens with zero attached hydrogens (tertiary/aromatic N) is 1. The van der Waals surface area contributed by atoms with E-state index in [2.05, 4.69) is 82.3 Å². The first-order valence-electron chi connectivity index (χ1n) is 17.7. The van der Waals surface area contributed by atoms with Crippen molar-refractivity contribution in [3.05, 3.63) is 117 Å². The number of carbonyl (C=O) groups excluding carboxylic acids is 2. The van der Waals surface area contributed by atoms with Crippen LogP contribution in [0.2, 0.25) is 5.02 Å². The van der Waals surface area contributed by atoms with E-state index in [1.54, 1.807) is 0 Å². The number of alkyl halides is 3. The molecule has 1 saturated heterocycles. The van der Waals surface area contributed by atoms with Gasteiger partial charge in [-0.25, -0.2) is 4.79 Å². The zero-order chi connectivity index (χ0) is 36.4. The zero-order valence-corrected chi connectivity index (χ0v) is 29.3. The number of likely N-dealkylation sites (tertiary alicyclic amines) is 1. The maximum Gasteiger partial charge on any atom is 0.490 e. The van der Waals surface area contributed by atoms with E-state index >= 15 is 0 Å². The van der Waals surface area contributed by atoms with Crippen LogP contribution in [0.4, 0.5) is 13.2 Å². The van der Waals surface area contributed by atoms with Crippen molar-refractivity contribution in [2.24, 2.45) is 0 Å². The minimum Gasteiger partial charge on any atom is -0.475 e. The highest BCUT2D eigenvalue weighted by Gasteiger charge is 2.38. The number of nitrogens with one attached hydrogen (secondary N) is 2. The van der Waals surface area contributed by atoms with Gasteiger partial charge in [-0.3, -0.25) is 9.59 Å². The van der Waals surface area contributed by atoms with Crippen LogP contribution >= 0.6 is 11.6 Å². The van der Waals surface area contributed by atoms with Gasteiger partial charge in [-0.2, -0.15) is 13.2 Å². The molecule has 2 atom stereocenters. The summed E-state index contributed by atoms with van der Waals surface area (Å²) in [6, 6.07) is 24.7. The van der Waals surface area contributed by atoms with Crippen molar-refractivity contribution in [2.75, 3.05) is 6.54 Å². The number of hydrogen-bond acceptors (Lipinski definition) is 4. The highest BCUT2D eigenvalue weighted by Crippen LogP contribution is 2.37. The first kappa shape index (κ1) is 38.1. The van der Waals surface area contributed by atoms with Gasteiger partial charge in [0.05, 0.1) is 12.1 Å². The van der Waals surface area contributed by atoms with Gasteiger partial charge in [-0.05, 0) is 97.2 Å². The highest BCUT2D eigenvalue weighted by atomic mass is 35.5. The molecule has 11 heteroatoms. The fraction of sp³-hybridized carbons (Fsp3) is 0.425. The van der Waals surface area contributed by atoms with Crippen LogP contribution in [0.25, 0.3) is 0 Å². The molecule has 0 aromatic heterocycles. The maximum atomic E-state index is 13.5.